The molecule has 1 heterocycles. The number of carboxylic acids is 1. The number of aryl methyl sites for hydroxylation is 2. The average molecular weight is 308 g/mol. The maximum absolute atomic E-state index is 12.4. The predicted molar refractivity (Wildman–Crippen MR) is 77.1 cm³/mol. The highest BCUT2D eigenvalue weighted by Crippen LogP contribution is 2.21. The molecule has 0 aliphatic carbocycles. The molecule has 0 amide bonds. The van der Waals surface area contributed by atoms with Crippen LogP contribution in [0.15, 0.2) is 35.5 Å². The minimum absolute atomic E-state index is 0.0115. The third kappa shape index (κ3) is 3.30. The summed E-state index contributed by atoms with van der Waals surface area (Å²) in [4.78, 5) is 11.2. The molecule has 1 aromatic carbocycles. The molecule has 0 unspecified atom stereocenters. The van der Waals surface area contributed by atoms with Crippen molar-refractivity contribution >= 4 is 15.8 Å². The first-order chi connectivity index (χ1) is 9.81. The van der Waals surface area contributed by atoms with Gasteiger partial charge in [-0.15, -0.1) is 0 Å². The van der Waals surface area contributed by atoms with E-state index in [0.29, 0.717) is 6.42 Å². The van der Waals surface area contributed by atoms with Gasteiger partial charge in [0.15, 0.2) is 9.84 Å². The summed E-state index contributed by atoms with van der Waals surface area (Å²) < 4.78 is 26.4. The van der Waals surface area contributed by atoms with Gasteiger partial charge in [-0.25, -0.2) is 13.2 Å². The molecule has 1 aromatic heterocycles. The third-order valence-corrected chi connectivity index (χ3v) is 5.12. The van der Waals surface area contributed by atoms with Gasteiger partial charge < -0.3 is 5.11 Å². The number of carbonyl (C=O) groups is 1. The van der Waals surface area contributed by atoms with Gasteiger partial charge in [0.1, 0.15) is 0 Å². The number of sulfone groups is 1. The lowest BCUT2D eigenvalue weighted by Crippen LogP contribution is -2.12. The summed E-state index contributed by atoms with van der Waals surface area (Å²) in [6.07, 6.45) is 3.72. The van der Waals surface area contributed by atoms with Crippen molar-refractivity contribution in [3.8, 4) is 0 Å². The zero-order valence-corrected chi connectivity index (χ0v) is 12.6. The second-order valence-corrected chi connectivity index (χ2v) is 6.90. The van der Waals surface area contributed by atoms with Gasteiger partial charge in [-0.1, -0.05) is 6.07 Å². The Morgan fingerprint density at radius 1 is 1.38 bits per heavy atom. The van der Waals surface area contributed by atoms with E-state index in [-0.39, 0.29) is 21.8 Å². The fourth-order valence-corrected chi connectivity index (χ4v) is 3.73. The number of aromatic nitrogens is 2. The standard InChI is InChI=1S/C14H16N2O4S/c1-10-12(14(17)18)4-3-5-13(10)21(19,20)7-6-11-8-15-16(2)9-11/h3-5,8-9H,6-7H2,1-2H3,(H,17,18). The lowest BCUT2D eigenvalue weighted by molar-refractivity contribution is 0.0696. The molecule has 0 saturated carbocycles. The Balaban J connectivity index is 2.27. The SMILES string of the molecule is Cc1c(C(=O)O)cccc1S(=O)(=O)CCc1cnn(C)c1. The van der Waals surface area contributed by atoms with Crippen LogP contribution in [0.1, 0.15) is 21.5 Å². The van der Waals surface area contributed by atoms with Gasteiger partial charge >= 0.3 is 5.97 Å². The lowest BCUT2D eigenvalue weighted by Gasteiger charge is -2.09. The van der Waals surface area contributed by atoms with Crippen molar-refractivity contribution < 1.29 is 18.3 Å². The number of hydrogen-bond acceptors (Lipinski definition) is 4. The van der Waals surface area contributed by atoms with E-state index in [4.69, 9.17) is 5.11 Å². The molecule has 112 valence electrons. The Labute approximate surface area is 123 Å². The number of rotatable bonds is 5. The van der Waals surface area contributed by atoms with Crippen molar-refractivity contribution in [1.82, 2.24) is 9.78 Å². The van der Waals surface area contributed by atoms with Gasteiger partial charge in [0, 0.05) is 13.2 Å². The number of benzene rings is 1. The Morgan fingerprint density at radius 3 is 2.67 bits per heavy atom. The van der Waals surface area contributed by atoms with E-state index in [1.54, 1.807) is 24.1 Å². The molecule has 7 heteroatoms. The normalized spacial score (nSPS) is 11.5. The number of carboxylic acid groups (broad SMARTS) is 1. The summed E-state index contributed by atoms with van der Waals surface area (Å²) >= 11 is 0. The molecule has 0 aliphatic heterocycles. The smallest absolute Gasteiger partial charge is 0.335 e. The molecule has 2 aromatic rings. The summed E-state index contributed by atoms with van der Waals surface area (Å²) in [5.41, 5.74) is 1.11. The first-order valence-electron chi connectivity index (χ1n) is 6.34. The zero-order chi connectivity index (χ0) is 15.6. The molecular weight excluding hydrogens is 292 g/mol. The topological polar surface area (TPSA) is 89.3 Å². The van der Waals surface area contributed by atoms with Crippen LogP contribution in [-0.2, 0) is 23.3 Å². The zero-order valence-electron chi connectivity index (χ0n) is 11.8. The summed E-state index contributed by atoms with van der Waals surface area (Å²) in [5.74, 6) is -1.21. The predicted octanol–water partition coefficient (Wildman–Crippen LogP) is 1.44. The van der Waals surface area contributed by atoms with Crippen molar-refractivity contribution in [3.05, 3.63) is 47.3 Å². The highest BCUT2D eigenvalue weighted by Gasteiger charge is 2.20. The molecule has 1 N–H and O–H groups in total. The summed E-state index contributed by atoms with van der Waals surface area (Å²) in [6.45, 7) is 1.51. The van der Waals surface area contributed by atoms with Crippen LogP contribution < -0.4 is 0 Å². The molecule has 0 fully saturated rings. The molecule has 0 saturated heterocycles. The molecule has 0 atom stereocenters. The van der Waals surface area contributed by atoms with Crippen molar-refractivity contribution in [2.24, 2.45) is 7.05 Å². The van der Waals surface area contributed by atoms with Crippen LogP contribution in [0.2, 0.25) is 0 Å². The minimum atomic E-state index is -3.54. The van der Waals surface area contributed by atoms with Gasteiger partial charge in [-0.2, -0.15) is 5.10 Å². The summed E-state index contributed by atoms with van der Waals surface area (Å²) in [5, 5.41) is 13.0. The van der Waals surface area contributed by atoms with Gasteiger partial charge in [0.05, 0.1) is 22.4 Å². The monoisotopic (exact) mass is 308 g/mol. The van der Waals surface area contributed by atoms with Crippen LogP contribution in [0.4, 0.5) is 0 Å². The Bertz CT molecular complexity index is 778. The molecule has 0 bridgehead atoms. The minimum Gasteiger partial charge on any atom is -0.478 e. The van der Waals surface area contributed by atoms with Crippen molar-refractivity contribution in [2.75, 3.05) is 5.75 Å². The second kappa shape index (κ2) is 5.69. The Morgan fingerprint density at radius 2 is 2.10 bits per heavy atom. The van der Waals surface area contributed by atoms with E-state index in [0.717, 1.165) is 5.56 Å². The number of aromatic carboxylic acids is 1. The summed E-state index contributed by atoms with van der Waals surface area (Å²) in [7, 11) is -1.77. The van der Waals surface area contributed by atoms with E-state index in [1.807, 2.05) is 0 Å². The van der Waals surface area contributed by atoms with Gasteiger partial charge in [-0.3, -0.25) is 4.68 Å². The van der Waals surface area contributed by atoms with Gasteiger partial charge in [0.2, 0.25) is 0 Å². The van der Waals surface area contributed by atoms with Crippen LogP contribution in [0.5, 0.6) is 0 Å². The Kier molecular flexibility index (Phi) is 4.13. The van der Waals surface area contributed by atoms with E-state index in [2.05, 4.69) is 5.10 Å². The van der Waals surface area contributed by atoms with Crippen molar-refractivity contribution in [2.45, 2.75) is 18.2 Å². The molecular formula is C14H16N2O4S. The van der Waals surface area contributed by atoms with E-state index < -0.39 is 15.8 Å². The van der Waals surface area contributed by atoms with Crippen molar-refractivity contribution in [1.29, 1.82) is 0 Å². The van der Waals surface area contributed by atoms with E-state index in [9.17, 15) is 13.2 Å². The highest BCUT2D eigenvalue weighted by atomic mass is 32.2. The van der Waals surface area contributed by atoms with Crippen molar-refractivity contribution in [3.63, 3.8) is 0 Å². The van der Waals surface area contributed by atoms with Gasteiger partial charge in [0.25, 0.3) is 0 Å². The lowest BCUT2D eigenvalue weighted by atomic mass is 10.1. The van der Waals surface area contributed by atoms with E-state index in [1.165, 1.54) is 25.1 Å². The van der Waals surface area contributed by atoms with Crippen LogP contribution in [0.25, 0.3) is 0 Å². The van der Waals surface area contributed by atoms with Crippen LogP contribution in [0.3, 0.4) is 0 Å². The fourth-order valence-electron chi connectivity index (χ4n) is 2.15. The van der Waals surface area contributed by atoms with Crippen LogP contribution in [0, 0.1) is 6.92 Å². The van der Waals surface area contributed by atoms with E-state index >= 15 is 0 Å². The second-order valence-electron chi connectivity index (χ2n) is 4.82. The fraction of sp³-hybridized carbons (Fsp3) is 0.286. The van der Waals surface area contributed by atoms with Crippen LogP contribution in [-0.4, -0.2) is 35.0 Å². The molecule has 0 radical (unpaired) electrons. The molecule has 6 nitrogen and oxygen atoms in total. The molecule has 0 aliphatic rings. The maximum Gasteiger partial charge on any atom is 0.335 e. The first-order valence-corrected chi connectivity index (χ1v) is 7.99. The first kappa shape index (κ1) is 15.2. The highest BCUT2D eigenvalue weighted by molar-refractivity contribution is 7.91. The molecule has 2 rings (SSSR count). The Hall–Kier alpha value is -2.15. The molecule has 0 spiro atoms. The summed E-state index contributed by atoms with van der Waals surface area (Å²) in [6, 6.07) is 4.30. The largest absolute Gasteiger partial charge is 0.478 e. The number of hydrogen-bond donors (Lipinski definition) is 1. The van der Waals surface area contributed by atoms with Gasteiger partial charge in [-0.05, 0) is 36.6 Å². The quantitative estimate of drug-likeness (QED) is 0.903. The van der Waals surface area contributed by atoms with Crippen LogP contribution >= 0.6 is 0 Å². The average Bonchev–Trinajstić information content (AvgIpc) is 2.82. The maximum atomic E-state index is 12.4. The third-order valence-electron chi connectivity index (χ3n) is 3.27. The number of nitrogens with zero attached hydrogens (tertiary/aromatic N) is 2. The molecule has 21 heavy (non-hydrogen) atoms.